The maximum absolute atomic E-state index is 12.7. The summed E-state index contributed by atoms with van der Waals surface area (Å²) in [7, 11) is 0. The average molecular weight is 411 g/mol. The summed E-state index contributed by atoms with van der Waals surface area (Å²) in [5, 5.41) is 3.42. The topological polar surface area (TPSA) is 15.3 Å². The van der Waals surface area contributed by atoms with Crippen LogP contribution in [0.2, 0.25) is 0 Å². The Morgan fingerprint density at radius 3 is 1.86 bits per heavy atom. The Kier molecular flexibility index (Phi) is 6.69. The van der Waals surface area contributed by atoms with Gasteiger partial charge in [0, 0.05) is 32.2 Å². The molecule has 2 aromatic rings. The van der Waals surface area contributed by atoms with Gasteiger partial charge in [-0.25, -0.2) is 0 Å². The van der Waals surface area contributed by atoms with Crippen molar-refractivity contribution in [3.63, 3.8) is 0 Å². The SMILES string of the molecule is Cl.FC(F)(F)c1ccc(-c2ccc([C@@H](C3CCC3)N3CCNCC3)cc2)cc1. The molecular formula is C22H26ClF3N2. The average Bonchev–Trinajstić information content (AvgIpc) is 2.65. The summed E-state index contributed by atoms with van der Waals surface area (Å²) in [6, 6.07) is 14.3. The lowest BCUT2D eigenvalue weighted by atomic mass is 9.76. The van der Waals surface area contributed by atoms with Gasteiger partial charge in [0.2, 0.25) is 0 Å². The number of nitrogens with one attached hydrogen (secondary N) is 1. The third-order valence-corrected chi connectivity index (χ3v) is 5.94. The van der Waals surface area contributed by atoms with Crippen molar-refractivity contribution < 1.29 is 13.2 Å². The molecule has 1 atom stereocenters. The van der Waals surface area contributed by atoms with E-state index in [0.29, 0.717) is 6.04 Å². The Bertz CT molecular complexity index is 749. The van der Waals surface area contributed by atoms with Gasteiger partial charge in [-0.3, -0.25) is 4.90 Å². The first-order valence-corrected chi connectivity index (χ1v) is 9.75. The van der Waals surface area contributed by atoms with Crippen molar-refractivity contribution in [3.05, 3.63) is 59.7 Å². The third-order valence-electron chi connectivity index (χ3n) is 5.94. The minimum absolute atomic E-state index is 0. The van der Waals surface area contributed by atoms with Crippen LogP contribution < -0.4 is 5.32 Å². The molecule has 0 radical (unpaired) electrons. The number of rotatable bonds is 4. The Balaban J connectivity index is 0.00000225. The van der Waals surface area contributed by atoms with E-state index in [2.05, 4.69) is 22.3 Å². The van der Waals surface area contributed by atoms with Gasteiger partial charge in [-0.15, -0.1) is 12.4 Å². The van der Waals surface area contributed by atoms with E-state index in [9.17, 15) is 13.2 Å². The van der Waals surface area contributed by atoms with Gasteiger partial charge in [0.25, 0.3) is 0 Å². The summed E-state index contributed by atoms with van der Waals surface area (Å²) in [4.78, 5) is 2.59. The van der Waals surface area contributed by atoms with E-state index < -0.39 is 11.7 Å². The lowest BCUT2D eigenvalue weighted by Crippen LogP contribution is -2.47. The van der Waals surface area contributed by atoms with Gasteiger partial charge < -0.3 is 5.32 Å². The van der Waals surface area contributed by atoms with E-state index in [1.807, 2.05) is 12.1 Å². The Morgan fingerprint density at radius 2 is 1.39 bits per heavy atom. The highest BCUT2D eigenvalue weighted by Crippen LogP contribution is 2.42. The number of nitrogens with zero attached hydrogens (tertiary/aromatic N) is 1. The molecule has 4 rings (SSSR count). The highest BCUT2D eigenvalue weighted by molar-refractivity contribution is 5.85. The summed E-state index contributed by atoms with van der Waals surface area (Å²) in [5.74, 6) is 0.722. The van der Waals surface area contributed by atoms with Crippen molar-refractivity contribution >= 4 is 12.4 Å². The number of hydrogen-bond donors (Lipinski definition) is 1. The third kappa shape index (κ3) is 4.53. The van der Waals surface area contributed by atoms with E-state index in [0.717, 1.165) is 55.4 Å². The molecule has 0 aromatic heterocycles. The van der Waals surface area contributed by atoms with Crippen molar-refractivity contribution in [2.45, 2.75) is 31.5 Å². The fourth-order valence-electron chi connectivity index (χ4n) is 4.22. The van der Waals surface area contributed by atoms with Crippen LogP contribution in [0.25, 0.3) is 11.1 Å². The molecule has 1 saturated heterocycles. The molecule has 2 aliphatic rings. The number of alkyl halides is 3. The smallest absolute Gasteiger partial charge is 0.314 e. The van der Waals surface area contributed by atoms with Crippen LogP contribution in [0.4, 0.5) is 13.2 Å². The van der Waals surface area contributed by atoms with E-state index in [4.69, 9.17) is 0 Å². The molecular weight excluding hydrogens is 385 g/mol. The van der Waals surface area contributed by atoms with Crippen LogP contribution in [0.5, 0.6) is 0 Å². The van der Waals surface area contributed by atoms with Crippen molar-refractivity contribution in [1.82, 2.24) is 10.2 Å². The number of piperazine rings is 1. The van der Waals surface area contributed by atoms with Gasteiger partial charge in [-0.05, 0) is 47.6 Å². The number of hydrogen-bond acceptors (Lipinski definition) is 2. The fourth-order valence-corrected chi connectivity index (χ4v) is 4.22. The molecule has 152 valence electrons. The number of benzene rings is 2. The van der Waals surface area contributed by atoms with E-state index in [1.54, 1.807) is 12.1 Å². The van der Waals surface area contributed by atoms with Crippen LogP contribution in [-0.4, -0.2) is 31.1 Å². The van der Waals surface area contributed by atoms with Crippen molar-refractivity contribution in [3.8, 4) is 11.1 Å². The predicted octanol–water partition coefficient (Wildman–Crippen LogP) is 5.54. The Labute approximate surface area is 170 Å². The lowest BCUT2D eigenvalue weighted by molar-refractivity contribution is -0.137. The van der Waals surface area contributed by atoms with Gasteiger partial charge in [0.15, 0.2) is 0 Å². The lowest BCUT2D eigenvalue weighted by Gasteiger charge is -2.43. The molecule has 2 aromatic carbocycles. The van der Waals surface area contributed by atoms with Crippen LogP contribution in [0, 0.1) is 5.92 Å². The maximum atomic E-state index is 12.7. The second kappa shape index (κ2) is 8.85. The van der Waals surface area contributed by atoms with E-state index in [-0.39, 0.29) is 12.4 Å². The summed E-state index contributed by atoms with van der Waals surface area (Å²) in [6.45, 7) is 4.21. The molecule has 2 nitrogen and oxygen atoms in total. The normalized spacial score (nSPS) is 19.5. The molecule has 1 heterocycles. The van der Waals surface area contributed by atoms with Crippen molar-refractivity contribution in [1.29, 1.82) is 0 Å². The molecule has 0 unspecified atom stereocenters. The minimum atomic E-state index is -4.29. The minimum Gasteiger partial charge on any atom is -0.314 e. The zero-order chi connectivity index (χ0) is 18.9. The van der Waals surface area contributed by atoms with Gasteiger partial charge >= 0.3 is 6.18 Å². The fraction of sp³-hybridized carbons (Fsp3) is 0.455. The molecule has 1 aliphatic carbocycles. The van der Waals surface area contributed by atoms with Gasteiger partial charge in [0.1, 0.15) is 0 Å². The monoisotopic (exact) mass is 410 g/mol. The van der Waals surface area contributed by atoms with Crippen LogP contribution in [-0.2, 0) is 6.18 Å². The predicted molar refractivity (Wildman–Crippen MR) is 109 cm³/mol. The molecule has 1 saturated carbocycles. The van der Waals surface area contributed by atoms with Crippen LogP contribution >= 0.6 is 12.4 Å². The molecule has 6 heteroatoms. The first-order valence-electron chi connectivity index (χ1n) is 9.75. The van der Waals surface area contributed by atoms with Crippen LogP contribution in [0.3, 0.4) is 0 Å². The summed E-state index contributed by atoms with van der Waals surface area (Å²) >= 11 is 0. The zero-order valence-corrected chi connectivity index (χ0v) is 16.5. The largest absolute Gasteiger partial charge is 0.416 e. The summed E-state index contributed by atoms with van der Waals surface area (Å²) in [5.41, 5.74) is 2.50. The standard InChI is InChI=1S/C22H25F3N2.ClH/c23-22(24,25)20-10-8-17(9-11-20)16-4-6-19(7-5-16)21(18-2-1-3-18)27-14-12-26-13-15-27;/h4-11,18,21,26H,1-3,12-15H2;1H/t21-;/m1./s1. The maximum Gasteiger partial charge on any atom is 0.416 e. The molecule has 1 N–H and O–H groups in total. The zero-order valence-electron chi connectivity index (χ0n) is 15.7. The first-order chi connectivity index (χ1) is 13.0. The molecule has 1 aliphatic heterocycles. The second-order valence-electron chi connectivity index (χ2n) is 7.62. The van der Waals surface area contributed by atoms with Crippen LogP contribution in [0.15, 0.2) is 48.5 Å². The molecule has 0 amide bonds. The Morgan fingerprint density at radius 1 is 0.857 bits per heavy atom. The second-order valence-corrected chi connectivity index (χ2v) is 7.62. The highest BCUT2D eigenvalue weighted by atomic mass is 35.5. The van der Waals surface area contributed by atoms with Crippen molar-refractivity contribution in [2.75, 3.05) is 26.2 Å². The number of halogens is 4. The summed E-state index contributed by atoms with van der Waals surface area (Å²) in [6.07, 6.45) is -0.400. The molecule has 2 fully saturated rings. The molecule has 28 heavy (non-hydrogen) atoms. The van der Waals surface area contributed by atoms with Gasteiger partial charge in [-0.1, -0.05) is 42.8 Å². The van der Waals surface area contributed by atoms with Crippen molar-refractivity contribution in [2.24, 2.45) is 5.92 Å². The Hall–Kier alpha value is -1.56. The molecule has 0 spiro atoms. The quantitative estimate of drug-likeness (QED) is 0.711. The first kappa shape index (κ1) is 21.2. The highest BCUT2D eigenvalue weighted by Gasteiger charge is 2.33. The van der Waals surface area contributed by atoms with Crippen LogP contribution in [0.1, 0.15) is 36.4 Å². The van der Waals surface area contributed by atoms with E-state index in [1.165, 1.54) is 24.8 Å². The van der Waals surface area contributed by atoms with Gasteiger partial charge in [0.05, 0.1) is 5.56 Å². The summed E-state index contributed by atoms with van der Waals surface area (Å²) < 4.78 is 38.2. The van der Waals surface area contributed by atoms with Gasteiger partial charge in [-0.2, -0.15) is 13.2 Å². The molecule has 0 bridgehead atoms. The van der Waals surface area contributed by atoms with E-state index >= 15 is 0 Å².